The summed E-state index contributed by atoms with van der Waals surface area (Å²) in [5.74, 6) is 0.121. The number of benzene rings is 1. The maximum Gasteiger partial charge on any atom is 0.159 e. The molecule has 88 valence electrons. The smallest absolute Gasteiger partial charge is 0.159 e. The number of nitrogens with two attached hydrogens (primary N) is 1. The van der Waals surface area contributed by atoms with Gasteiger partial charge in [-0.3, -0.25) is 4.79 Å². The van der Waals surface area contributed by atoms with E-state index in [4.69, 9.17) is 10.2 Å². The van der Waals surface area contributed by atoms with Crippen LogP contribution in [0, 0.1) is 0 Å². The first-order valence-corrected chi connectivity index (χ1v) is 4.34. The molecular weight excluding hydrogens is 194 g/mol. The second-order valence-corrected chi connectivity index (χ2v) is 1.92. The first kappa shape index (κ1) is 19.4. The van der Waals surface area contributed by atoms with E-state index < -0.39 is 0 Å². The van der Waals surface area contributed by atoms with Crippen molar-refractivity contribution in [1.82, 2.24) is 0 Å². The summed E-state index contributed by atoms with van der Waals surface area (Å²) in [6.45, 7) is 1.56. The highest BCUT2D eigenvalue weighted by Crippen LogP contribution is 1.97. The number of aliphatic hydroxyl groups excluding tert-OH is 2. The molecule has 0 aliphatic heterocycles. The van der Waals surface area contributed by atoms with Gasteiger partial charge in [0.2, 0.25) is 0 Å². The summed E-state index contributed by atoms with van der Waals surface area (Å²) >= 11 is 0. The number of ketones is 1. The molecule has 1 rings (SSSR count). The van der Waals surface area contributed by atoms with Crippen LogP contribution < -0.4 is 5.73 Å². The Morgan fingerprint density at radius 3 is 1.53 bits per heavy atom. The van der Waals surface area contributed by atoms with Crippen molar-refractivity contribution < 1.29 is 15.0 Å². The molecule has 1 aromatic carbocycles. The van der Waals surface area contributed by atoms with E-state index in [-0.39, 0.29) is 5.78 Å². The summed E-state index contributed by atoms with van der Waals surface area (Å²) in [5, 5.41) is 14.0. The molecule has 0 saturated heterocycles. The Balaban J connectivity index is -0.000000208. The lowest BCUT2D eigenvalue weighted by atomic mass is 10.2. The van der Waals surface area contributed by atoms with E-state index >= 15 is 0 Å². The third-order valence-electron chi connectivity index (χ3n) is 1.18. The zero-order valence-electron chi connectivity index (χ0n) is 9.77. The van der Waals surface area contributed by atoms with Crippen LogP contribution in [0.5, 0.6) is 0 Å². The standard InChI is InChI=1S/C8H8O.CH5N.2CH4O/c1-7(9)8-5-3-2-4-6-8;3*1-2/h2-6H,1H3;2H2,1H3;2*2H,1H3. The minimum absolute atomic E-state index is 0.121. The van der Waals surface area contributed by atoms with Crippen molar-refractivity contribution in [3.8, 4) is 0 Å². The highest BCUT2D eigenvalue weighted by molar-refractivity contribution is 5.93. The highest BCUT2D eigenvalue weighted by atomic mass is 16.2. The summed E-state index contributed by atoms with van der Waals surface area (Å²) in [6.07, 6.45) is 0. The van der Waals surface area contributed by atoms with E-state index in [1.165, 1.54) is 7.05 Å². The lowest BCUT2D eigenvalue weighted by Gasteiger charge is -1.89. The van der Waals surface area contributed by atoms with Crippen molar-refractivity contribution >= 4 is 5.78 Å². The van der Waals surface area contributed by atoms with Crippen LogP contribution in [0.15, 0.2) is 30.3 Å². The van der Waals surface area contributed by atoms with Crippen LogP contribution in [0.25, 0.3) is 0 Å². The minimum Gasteiger partial charge on any atom is -0.400 e. The molecule has 4 heteroatoms. The molecule has 0 amide bonds. The van der Waals surface area contributed by atoms with Crippen LogP contribution in [0.3, 0.4) is 0 Å². The molecule has 0 heterocycles. The van der Waals surface area contributed by atoms with Gasteiger partial charge >= 0.3 is 0 Å². The number of hydrogen-bond donors (Lipinski definition) is 3. The van der Waals surface area contributed by atoms with E-state index in [1.807, 2.05) is 30.3 Å². The molecule has 1 aromatic rings. The van der Waals surface area contributed by atoms with Crippen LogP contribution in [0.4, 0.5) is 0 Å². The summed E-state index contributed by atoms with van der Waals surface area (Å²) in [6, 6.07) is 9.23. The Hall–Kier alpha value is -1.23. The fourth-order valence-corrected chi connectivity index (χ4v) is 0.673. The predicted molar refractivity (Wildman–Crippen MR) is 62.8 cm³/mol. The lowest BCUT2D eigenvalue weighted by molar-refractivity contribution is 0.101. The Labute approximate surface area is 91.4 Å². The third-order valence-corrected chi connectivity index (χ3v) is 1.18. The predicted octanol–water partition coefficient (Wildman–Crippen LogP) is 0.681. The molecule has 4 N–H and O–H groups in total. The zero-order chi connectivity index (χ0) is 12.7. The second-order valence-electron chi connectivity index (χ2n) is 1.92. The fourth-order valence-electron chi connectivity index (χ4n) is 0.673. The fraction of sp³-hybridized carbons (Fsp3) is 0.364. The van der Waals surface area contributed by atoms with Crippen molar-refractivity contribution in [3.63, 3.8) is 0 Å². The molecule has 0 aliphatic carbocycles. The summed E-state index contributed by atoms with van der Waals surface area (Å²) in [7, 11) is 3.50. The molecule has 15 heavy (non-hydrogen) atoms. The number of hydrogen-bond acceptors (Lipinski definition) is 4. The molecular formula is C11H21NO3. The van der Waals surface area contributed by atoms with Crippen molar-refractivity contribution in [2.45, 2.75) is 6.92 Å². The van der Waals surface area contributed by atoms with Gasteiger partial charge in [0, 0.05) is 19.8 Å². The van der Waals surface area contributed by atoms with Gasteiger partial charge in [-0.2, -0.15) is 0 Å². The summed E-state index contributed by atoms with van der Waals surface area (Å²) in [4.78, 5) is 10.6. The van der Waals surface area contributed by atoms with Gasteiger partial charge in [-0.15, -0.1) is 0 Å². The molecule has 0 aliphatic rings. The van der Waals surface area contributed by atoms with Gasteiger partial charge in [-0.25, -0.2) is 0 Å². The SMILES string of the molecule is CC(=O)c1ccccc1.CN.CO.CO. The molecule has 0 radical (unpaired) electrons. The Morgan fingerprint density at radius 1 is 1.00 bits per heavy atom. The van der Waals surface area contributed by atoms with Crippen LogP contribution in [-0.4, -0.2) is 37.3 Å². The largest absolute Gasteiger partial charge is 0.400 e. The first-order chi connectivity index (χ1) is 7.30. The normalized spacial score (nSPS) is 6.60. The van der Waals surface area contributed by atoms with E-state index in [0.717, 1.165) is 19.8 Å². The maximum absolute atomic E-state index is 10.6. The van der Waals surface area contributed by atoms with Gasteiger partial charge in [0.15, 0.2) is 5.78 Å². The Bertz CT molecular complexity index is 212. The number of aliphatic hydroxyl groups is 2. The van der Waals surface area contributed by atoms with Crippen LogP contribution in [0.1, 0.15) is 17.3 Å². The average molecular weight is 215 g/mol. The van der Waals surface area contributed by atoms with Crippen molar-refractivity contribution in [2.75, 3.05) is 21.3 Å². The summed E-state index contributed by atoms with van der Waals surface area (Å²) < 4.78 is 0. The molecule has 0 fully saturated rings. The van der Waals surface area contributed by atoms with Crippen molar-refractivity contribution in [2.24, 2.45) is 5.73 Å². The van der Waals surface area contributed by atoms with Crippen LogP contribution in [-0.2, 0) is 0 Å². The molecule has 0 spiro atoms. The topological polar surface area (TPSA) is 83.6 Å². The molecule has 4 nitrogen and oxygen atoms in total. The van der Waals surface area contributed by atoms with E-state index in [1.54, 1.807) is 6.92 Å². The van der Waals surface area contributed by atoms with Gasteiger partial charge in [0.05, 0.1) is 0 Å². The van der Waals surface area contributed by atoms with E-state index in [0.29, 0.717) is 0 Å². The number of carbonyl (C=O) groups is 1. The maximum atomic E-state index is 10.6. The highest BCUT2D eigenvalue weighted by Gasteiger charge is 1.92. The second kappa shape index (κ2) is 18.5. The Kier molecular flexibility index (Phi) is 23.9. The zero-order valence-corrected chi connectivity index (χ0v) is 9.77. The van der Waals surface area contributed by atoms with Gasteiger partial charge in [0.25, 0.3) is 0 Å². The van der Waals surface area contributed by atoms with Gasteiger partial charge < -0.3 is 15.9 Å². The monoisotopic (exact) mass is 215 g/mol. The average Bonchev–Trinajstić information content (AvgIpc) is 2.38. The molecule has 0 bridgehead atoms. The van der Waals surface area contributed by atoms with E-state index in [9.17, 15) is 4.79 Å². The van der Waals surface area contributed by atoms with Crippen molar-refractivity contribution in [1.29, 1.82) is 0 Å². The van der Waals surface area contributed by atoms with Crippen LogP contribution in [0.2, 0.25) is 0 Å². The number of Topliss-reactive ketones (excluding diaryl/α,β-unsaturated/α-hetero) is 1. The first-order valence-electron chi connectivity index (χ1n) is 4.34. The Morgan fingerprint density at radius 2 is 1.33 bits per heavy atom. The molecule has 0 unspecified atom stereocenters. The molecule has 0 atom stereocenters. The lowest BCUT2D eigenvalue weighted by Crippen LogP contribution is -1.88. The van der Waals surface area contributed by atoms with Gasteiger partial charge in [0.1, 0.15) is 0 Å². The molecule has 0 saturated carbocycles. The molecule has 0 aromatic heterocycles. The van der Waals surface area contributed by atoms with Gasteiger partial charge in [-0.05, 0) is 14.0 Å². The van der Waals surface area contributed by atoms with Crippen LogP contribution >= 0.6 is 0 Å². The van der Waals surface area contributed by atoms with Gasteiger partial charge in [-0.1, -0.05) is 30.3 Å². The number of carbonyl (C=O) groups excluding carboxylic acids is 1. The quantitative estimate of drug-likeness (QED) is 0.601. The van der Waals surface area contributed by atoms with E-state index in [2.05, 4.69) is 5.73 Å². The van der Waals surface area contributed by atoms with Crippen molar-refractivity contribution in [3.05, 3.63) is 35.9 Å². The third kappa shape index (κ3) is 12.8. The minimum atomic E-state index is 0.121. The number of rotatable bonds is 1. The summed E-state index contributed by atoms with van der Waals surface area (Å²) in [5.41, 5.74) is 5.28.